The van der Waals surface area contributed by atoms with Crippen molar-refractivity contribution in [2.75, 3.05) is 0 Å². The molecule has 2 aromatic heterocycles. The van der Waals surface area contributed by atoms with Crippen molar-refractivity contribution in [2.45, 2.75) is 39.3 Å². The van der Waals surface area contributed by atoms with Gasteiger partial charge in [-0.2, -0.15) is 0 Å². The summed E-state index contributed by atoms with van der Waals surface area (Å²) in [6.45, 7) is 7.06. The first kappa shape index (κ1) is 19.8. The molecule has 0 aliphatic carbocycles. The molecule has 0 saturated heterocycles. The van der Waals surface area contributed by atoms with Crippen LogP contribution < -0.4 is 10.9 Å². The molecule has 3 rings (SSSR count). The average molecular weight is 401 g/mol. The standard InChI is InChI=1S/C20H21ClN4O3/c1-12(23-19(27)28-20(2,3)4)17-24-16-15(6-5-11-22-16)18(26)25(17)14-9-7-13(21)8-10-14/h5-12H,1-4H3,(H,23,27)/t12-/m1/s1. The zero-order valence-corrected chi connectivity index (χ0v) is 16.8. The summed E-state index contributed by atoms with van der Waals surface area (Å²) in [5.41, 5.74) is -0.0304. The molecular weight excluding hydrogens is 380 g/mol. The first-order chi connectivity index (χ1) is 13.2. The van der Waals surface area contributed by atoms with Crippen molar-refractivity contribution in [2.24, 2.45) is 0 Å². The van der Waals surface area contributed by atoms with Crippen molar-refractivity contribution in [3.63, 3.8) is 0 Å². The summed E-state index contributed by atoms with van der Waals surface area (Å²) >= 11 is 5.98. The highest BCUT2D eigenvalue weighted by molar-refractivity contribution is 6.30. The normalized spacial score (nSPS) is 12.6. The van der Waals surface area contributed by atoms with Crippen LogP contribution in [0.5, 0.6) is 0 Å². The molecule has 146 valence electrons. The summed E-state index contributed by atoms with van der Waals surface area (Å²) in [5, 5.41) is 3.66. The summed E-state index contributed by atoms with van der Waals surface area (Å²) in [5.74, 6) is 0.337. The van der Waals surface area contributed by atoms with Crippen LogP contribution >= 0.6 is 11.6 Å². The maximum absolute atomic E-state index is 13.2. The number of pyridine rings is 1. The molecule has 8 heteroatoms. The van der Waals surface area contributed by atoms with Gasteiger partial charge in [0, 0.05) is 11.2 Å². The Bertz CT molecular complexity index is 1070. The number of benzene rings is 1. The fourth-order valence-electron chi connectivity index (χ4n) is 2.72. The van der Waals surface area contributed by atoms with Gasteiger partial charge >= 0.3 is 6.09 Å². The molecule has 2 heterocycles. The van der Waals surface area contributed by atoms with E-state index in [2.05, 4.69) is 15.3 Å². The van der Waals surface area contributed by atoms with Crippen LogP contribution in [0, 0.1) is 0 Å². The summed E-state index contributed by atoms with van der Waals surface area (Å²) in [4.78, 5) is 34.1. The van der Waals surface area contributed by atoms with Crippen molar-refractivity contribution >= 4 is 28.7 Å². The van der Waals surface area contributed by atoms with Gasteiger partial charge < -0.3 is 10.1 Å². The van der Waals surface area contributed by atoms with E-state index in [4.69, 9.17) is 16.3 Å². The van der Waals surface area contributed by atoms with Crippen LogP contribution in [0.15, 0.2) is 47.4 Å². The molecule has 0 aliphatic rings. The van der Waals surface area contributed by atoms with E-state index in [-0.39, 0.29) is 5.56 Å². The summed E-state index contributed by atoms with van der Waals surface area (Å²) in [7, 11) is 0. The smallest absolute Gasteiger partial charge is 0.408 e. The predicted molar refractivity (Wildman–Crippen MR) is 108 cm³/mol. The van der Waals surface area contributed by atoms with E-state index < -0.39 is 17.7 Å². The monoisotopic (exact) mass is 400 g/mol. The van der Waals surface area contributed by atoms with Crippen LogP contribution in [-0.4, -0.2) is 26.2 Å². The molecule has 0 spiro atoms. The Hall–Kier alpha value is -2.93. The Morgan fingerprint density at radius 3 is 2.54 bits per heavy atom. The number of aromatic nitrogens is 3. The van der Waals surface area contributed by atoms with Gasteiger partial charge in [0.1, 0.15) is 11.4 Å². The molecule has 1 atom stereocenters. The Morgan fingerprint density at radius 2 is 1.89 bits per heavy atom. The summed E-state index contributed by atoms with van der Waals surface area (Å²) < 4.78 is 6.76. The number of amides is 1. The van der Waals surface area contributed by atoms with Crippen molar-refractivity contribution < 1.29 is 9.53 Å². The molecule has 0 aliphatic heterocycles. The molecule has 1 amide bonds. The average Bonchev–Trinajstić information content (AvgIpc) is 2.61. The number of carbonyl (C=O) groups excluding carboxylic acids is 1. The van der Waals surface area contributed by atoms with Gasteiger partial charge in [-0.3, -0.25) is 9.36 Å². The van der Waals surface area contributed by atoms with Crippen LogP contribution in [0.4, 0.5) is 4.79 Å². The minimum atomic E-state index is -0.641. The predicted octanol–water partition coefficient (Wildman–Crippen LogP) is 4.02. The third-order valence-corrected chi connectivity index (χ3v) is 4.13. The van der Waals surface area contributed by atoms with Crippen LogP contribution in [-0.2, 0) is 4.74 Å². The topological polar surface area (TPSA) is 86.1 Å². The quantitative estimate of drug-likeness (QED) is 0.717. The third kappa shape index (κ3) is 4.31. The molecule has 3 aromatic rings. The second-order valence-corrected chi connectivity index (χ2v) is 7.77. The lowest BCUT2D eigenvalue weighted by Gasteiger charge is -2.23. The maximum Gasteiger partial charge on any atom is 0.408 e. The largest absolute Gasteiger partial charge is 0.444 e. The van der Waals surface area contributed by atoms with E-state index >= 15 is 0 Å². The number of carbonyl (C=O) groups is 1. The SMILES string of the molecule is C[C@@H](NC(=O)OC(C)(C)C)c1nc2ncccc2c(=O)n1-c1ccc(Cl)cc1. The maximum atomic E-state index is 13.2. The van der Waals surface area contributed by atoms with Crippen molar-refractivity contribution in [1.29, 1.82) is 0 Å². The van der Waals surface area contributed by atoms with Crippen LogP contribution in [0.25, 0.3) is 16.7 Å². The van der Waals surface area contributed by atoms with Crippen LogP contribution in [0.3, 0.4) is 0 Å². The number of halogens is 1. The molecule has 0 bridgehead atoms. The number of ether oxygens (including phenoxy) is 1. The van der Waals surface area contributed by atoms with E-state index in [1.165, 1.54) is 4.57 Å². The number of nitrogens with one attached hydrogen (secondary N) is 1. The molecule has 0 fully saturated rings. The number of hydrogen-bond donors (Lipinski definition) is 1. The van der Waals surface area contributed by atoms with Gasteiger partial charge in [0.15, 0.2) is 5.65 Å². The lowest BCUT2D eigenvalue weighted by molar-refractivity contribution is 0.0505. The Balaban J connectivity index is 2.12. The molecule has 1 N–H and O–H groups in total. The molecule has 7 nitrogen and oxygen atoms in total. The number of fused-ring (bicyclic) bond motifs is 1. The Kier molecular flexibility index (Phi) is 5.38. The van der Waals surface area contributed by atoms with Gasteiger partial charge in [0.05, 0.1) is 17.1 Å². The highest BCUT2D eigenvalue weighted by Gasteiger charge is 2.23. The number of alkyl carbamates (subject to hydrolysis) is 1. The van der Waals surface area contributed by atoms with E-state index in [9.17, 15) is 9.59 Å². The molecule has 0 saturated carbocycles. The van der Waals surface area contributed by atoms with Gasteiger partial charge in [-0.1, -0.05) is 11.6 Å². The van der Waals surface area contributed by atoms with Gasteiger partial charge in [0.25, 0.3) is 5.56 Å². The van der Waals surface area contributed by atoms with Gasteiger partial charge in [-0.25, -0.2) is 14.8 Å². The lowest BCUT2D eigenvalue weighted by atomic mass is 10.2. The lowest BCUT2D eigenvalue weighted by Crippen LogP contribution is -2.37. The van der Waals surface area contributed by atoms with Gasteiger partial charge in [-0.15, -0.1) is 0 Å². The van der Waals surface area contributed by atoms with Gasteiger partial charge in [-0.05, 0) is 64.1 Å². The van der Waals surface area contributed by atoms with Gasteiger partial charge in [0.2, 0.25) is 0 Å². The van der Waals surface area contributed by atoms with Crippen molar-refractivity contribution in [3.05, 3.63) is 63.8 Å². The van der Waals surface area contributed by atoms with Crippen molar-refractivity contribution in [3.8, 4) is 5.69 Å². The van der Waals surface area contributed by atoms with E-state index in [0.717, 1.165) is 0 Å². The van der Waals surface area contributed by atoms with E-state index in [1.54, 1.807) is 70.3 Å². The Labute approximate surface area is 167 Å². The minimum absolute atomic E-state index is 0.284. The Morgan fingerprint density at radius 1 is 1.21 bits per heavy atom. The van der Waals surface area contributed by atoms with Crippen LogP contribution in [0.1, 0.15) is 39.6 Å². The summed E-state index contributed by atoms with van der Waals surface area (Å²) in [6, 6.07) is 9.55. The zero-order valence-electron chi connectivity index (χ0n) is 16.1. The molecular formula is C20H21ClN4O3. The number of hydrogen-bond acceptors (Lipinski definition) is 5. The number of nitrogens with zero attached hydrogens (tertiary/aromatic N) is 3. The molecule has 1 aromatic carbocycles. The van der Waals surface area contributed by atoms with Crippen molar-refractivity contribution in [1.82, 2.24) is 19.9 Å². The fraction of sp³-hybridized carbons (Fsp3) is 0.300. The molecule has 0 unspecified atom stereocenters. The van der Waals surface area contributed by atoms with E-state index in [1.807, 2.05) is 0 Å². The number of rotatable bonds is 3. The molecule has 0 radical (unpaired) electrons. The zero-order chi connectivity index (χ0) is 20.5. The minimum Gasteiger partial charge on any atom is -0.444 e. The van der Waals surface area contributed by atoms with E-state index in [0.29, 0.717) is 27.6 Å². The second kappa shape index (κ2) is 7.59. The highest BCUT2D eigenvalue weighted by atomic mass is 35.5. The van der Waals surface area contributed by atoms with Crippen LogP contribution in [0.2, 0.25) is 5.02 Å². The first-order valence-electron chi connectivity index (χ1n) is 8.79. The fourth-order valence-corrected chi connectivity index (χ4v) is 2.84. The first-order valence-corrected chi connectivity index (χ1v) is 9.16. The molecule has 28 heavy (non-hydrogen) atoms. The third-order valence-electron chi connectivity index (χ3n) is 3.88. The second-order valence-electron chi connectivity index (χ2n) is 7.33. The summed E-state index contributed by atoms with van der Waals surface area (Å²) in [6.07, 6.45) is 0.968. The highest BCUT2D eigenvalue weighted by Crippen LogP contribution is 2.19.